The number of benzene rings is 1. The number of halogens is 1. The van der Waals surface area contributed by atoms with Crippen LogP contribution in [0.25, 0.3) is 0 Å². The van der Waals surface area contributed by atoms with Crippen LogP contribution in [0.2, 0.25) is 0 Å². The first kappa shape index (κ1) is 12.4. The Bertz CT molecular complexity index is 413. The van der Waals surface area contributed by atoms with Crippen molar-refractivity contribution in [3.8, 4) is 0 Å². The summed E-state index contributed by atoms with van der Waals surface area (Å²) in [5.41, 5.74) is 3.70. The zero-order chi connectivity index (χ0) is 9.97. The third kappa shape index (κ3) is 2.68. The molecule has 0 amide bonds. The maximum Gasteiger partial charge on any atom is 0.0940 e. The minimum Gasteiger partial charge on any atom is -0.311 e. The predicted octanol–water partition coefficient (Wildman–Crippen LogP) is 1.30. The summed E-state index contributed by atoms with van der Waals surface area (Å²) in [5.74, 6) is 0. The third-order valence-corrected chi connectivity index (χ3v) is 3.08. The molecule has 0 aliphatic carbocycles. The fraction of sp³-hybridized carbons (Fsp3) is 0.364. The molecule has 0 radical (unpaired) electrons. The topological polar surface area (TPSA) is 29.1 Å². The van der Waals surface area contributed by atoms with Crippen molar-refractivity contribution in [1.82, 2.24) is 5.32 Å². The van der Waals surface area contributed by atoms with Crippen LogP contribution in [0.3, 0.4) is 0 Å². The van der Waals surface area contributed by atoms with Crippen molar-refractivity contribution < 1.29 is 4.21 Å². The van der Waals surface area contributed by atoms with Gasteiger partial charge in [-0.25, -0.2) is 4.21 Å². The van der Waals surface area contributed by atoms with Crippen LogP contribution >= 0.6 is 12.4 Å². The van der Waals surface area contributed by atoms with Gasteiger partial charge in [0.25, 0.3) is 0 Å². The van der Waals surface area contributed by atoms with Crippen molar-refractivity contribution in [3.63, 3.8) is 0 Å². The minimum atomic E-state index is 0. The average molecular weight is 244 g/mol. The lowest BCUT2D eigenvalue weighted by atomic mass is 10.0. The van der Waals surface area contributed by atoms with Crippen LogP contribution in [0.4, 0.5) is 0 Å². The van der Waals surface area contributed by atoms with Crippen molar-refractivity contribution >= 4 is 28.5 Å². The molecule has 0 saturated heterocycles. The van der Waals surface area contributed by atoms with Gasteiger partial charge in [-0.05, 0) is 31.0 Å². The van der Waals surface area contributed by atoms with Gasteiger partial charge in [0.1, 0.15) is 0 Å². The van der Waals surface area contributed by atoms with Gasteiger partial charge in [0, 0.05) is 6.54 Å². The normalized spacial score (nSPS) is 14.9. The molecule has 1 aromatic rings. The number of hydrogen-bond acceptors (Lipinski definition) is 2. The fourth-order valence-electron chi connectivity index (χ4n) is 1.80. The van der Waals surface area contributed by atoms with Crippen molar-refractivity contribution in [3.05, 3.63) is 34.9 Å². The molecule has 1 aliphatic rings. The average Bonchev–Trinajstić information content (AvgIpc) is 2.38. The number of hydrogen-bond donors (Lipinski definition) is 1. The lowest BCUT2D eigenvalue weighted by Crippen LogP contribution is -2.21. The SMILES string of the molecule is Cc1ccc2c(c1)CCNCC2=S=O.Cl. The highest BCUT2D eigenvalue weighted by molar-refractivity contribution is 7.67. The summed E-state index contributed by atoms with van der Waals surface area (Å²) in [6.45, 7) is 3.76. The second kappa shape index (κ2) is 5.45. The maximum absolute atomic E-state index is 10.9. The van der Waals surface area contributed by atoms with E-state index in [9.17, 15) is 4.21 Å². The van der Waals surface area contributed by atoms with Gasteiger partial charge in [0.2, 0.25) is 0 Å². The summed E-state index contributed by atoms with van der Waals surface area (Å²) in [5, 5.41) is 3.26. The van der Waals surface area contributed by atoms with E-state index in [1.165, 1.54) is 11.1 Å². The van der Waals surface area contributed by atoms with E-state index in [-0.39, 0.29) is 12.4 Å². The molecule has 2 nitrogen and oxygen atoms in total. The molecule has 0 bridgehead atoms. The summed E-state index contributed by atoms with van der Waals surface area (Å²) in [6, 6.07) is 6.32. The smallest absolute Gasteiger partial charge is 0.0940 e. The molecular weight excluding hydrogens is 230 g/mol. The summed E-state index contributed by atoms with van der Waals surface area (Å²) in [4.78, 5) is 0.914. The number of aryl methyl sites for hydroxylation is 1. The van der Waals surface area contributed by atoms with E-state index < -0.39 is 0 Å². The van der Waals surface area contributed by atoms with Crippen LogP contribution < -0.4 is 5.32 Å². The predicted molar refractivity (Wildman–Crippen MR) is 67.3 cm³/mol. The lowest BCUT2D eigenvalue weighted by molar-refractivity contribution is 0.700. The van der Waals surface area contributed by atoms with Gasteiger partial charge < -0.3 is 5.32 Å². The second-order valence-electron chi connectivity index (χ2n) is 3.59. The van der Waals surface area contributed by atoms with Crippen LogP contribution in [-0.2, 0) is 17.7 Å². The van der Waals surface area contributed by atoms with Crippen molar-refractivity contribution in [2.24, 2.45) is 0 Å². The molecule has 1 heterocycles. The third-order valence-electron chi connectivity index (χ3n) is 2.52. The molecule has 1 aliphatic heterocycles. The number of nitrogens with one attached hydrogen (secondary N) is 1. The Kier molecular flexibility index (Phi) is 4.51. The first-order valence-corrected chi connectivity index (χ1v) is 5.51. The Morgan fingerprint density at radius 1 is 1.40 bits per heavy atom. The molecule has 15 heavy (non-hydrogen) atoms. The van der Waals surface area contributed by atoms with Gasteiger partial charge in [-0.15, -0.1) is 12.4 Å². The molecule has 1 N–H and O–H groups in total. The van der Waals surface area contributed by atoms with Gasteiger partial charge in [0.15, 0.2) is 0 Å². The number of rotatable bonds is 0. The molecule has 0 atom stereocenters. The maximum atomic E-state index is 10.9. The van der Waals surface area contributed by atoms with Gasteiger partial charge in [0.05, 0.1) is 16.1 Å². The van der Waals surface area contributed by atoms with Crippen LogP contribution in [0.1, 0.15) is 16.7 Å². The monoisotopic (exact) mass is 243 g/mol. The molecular formula is C11H14ClNOS. The number of fused-ring (bicyclic) bond motifs is 1. The quantitative estimate of drug-likeness (QED) is 0.696. The zero-order valence-electron chi connectivity index (χ0n) is 8.58. The molecule has 2 rings (SSSR count). The summed E-state index contributed by atoms with van der Waals surface area (Å²) < 4.78 is 10.9. The highest BCUT2D eigenvalue weighted by Gasteiger charge is 2.12. The van der Waals surface area contributed by atoms with Crippen molar-refractivity contribution in [1.29, 1.82) is 0 Å². The van der Waals surface area contributed by atoms with Gasteiger partial charge in [-0.2, -0.15) is 0 Å². The summed E-state index contributed by atoms with van der Waals surface area (Å²) in [6.07, 6.45) is 1.01. The minimum absolute atomic E-state index is 0. The van der Waals surface area contributed by atoms with E-state index in [2.05, 4.69) is 30.4 Å². The van der Waals surface area contributed by atoms with Gasteiger partial charge in [-0.3, -0.25) is 0 Å². The Hall–Kier alpha value is -0.640. The van der Waals surface area contributed by atoms with Gasteiger partial charge in [-0.1, -0.05) is 23.8 Å². The molecule has 1 aromatic carbocycles. The molecule has 0 spiro atoms. The first-order chi connectivity index (χ1) is 6.81. The second-order valence-corrected chi connectivity index (χ2v) is 4.25. The van der Waals surface area contributed by atoms with Crippen molar-refractivity contribution in [2.45, 2.75) is 13.3 Å². The summed E-state index contributed by atoms with van der Waals surface area (Å²) >= 11 is 0.612. The fourth-order valence-corrected chi connectivity index (χ4v) is 2.25. The van der Waals surface area contributed by atoms with Gasteiger partial charge >= 0.3 is 0 Å². The largest absolute Gasteiger partial charge is 0.311 e. The van der Waals surface area contributed by atoms with E-state index in [0.717, 1.165) is 23.4 Å². The molecule has 4 heteroatoms. The van der Waals surface area contributed by atoms with Crippen LogP contribution in [0.15, 0.2) is 18.2 Å². The Balaban J connectivity index is 0.00000112. The van der Waals surface area contributed by atoms with Crippen LogP contribution in [0.5, 0.6) is 0 Å². The Morgan fingerprint density at radius 2 is 2.20 bits per heavy atom. The Labute approximate surface area is 99.6 Å². The Morgan fingerprint density at radius 3 is 2.93 bits per heavy atom. The molecule has 0 fully saturated rings. The highest BCUT2D eigenvalue weighted by Crippen LogP contribution is 2.14. The standard InChI is InChI=1S/C11H13NOS.ClH/c1-8-2-3-10-9(6-8)4-5-12-7-11(10)14-13;/h2-3,6,12H,4-5,7H2,1H3;1H. The van der Waals surface area contributed by atoms with E-state index in [1.54, 1.807) is 0 Å². The van der Waals surface area contributed by atoms with E-state index in [1.807, 2.05) is 0 Å². The van der Waals surface area contributed by atoms with E-state index in [0.29, 0.717) is 17.8 Å². The van der Waals surface area contributed by atoms with E-state index >= 15 is 0 Å². The first-order valence-electron chi connectivity index (χ1n) is 4.77. The molecule has 0 aromatic heterocycles. The van der Waals surface area contributed by atoms with E-state index in [4.69, 9.17) is 0 Å². The summed E-state index contributed by atoms with van der Waals surface area (Å²) in [7, 11) is 0. The lowest BCUT2D eigenvalue weighted by Gasteiger charge is -2.05. The molecule has 82 valence electrons. The van der Waals surface area contributed by atoms with Crippen LogP contribution in [-0.4, -0.2) is 22.2 Å². The van der Waals surface area contributed by atoms with Crippen molar-refractivity contribution in [2.75, 3.05) is 13.1 Å². The molecule has 0 saturated carbocycles. The zero-order valence-corrected chi connectivity index (χ0v) is 10.2. The molecule has 0 unspecified atom stereocenters. The highest BCUT2D eigenvalue weighted by atomic mass is 35.5. The van der Waals surface area contributed by atoms with Crippen LogP contribution in [0, 0.1) is 6.92 Å².